The van der Waals surface area contributed by atoms with Gasteiger partial charge in [0.15, 0.2) is 0 Å². The van der Waals surface area contributed by atoms with E-state index in [1.807, 2.05) is 24.3 Å². The smallest absolute Gasteiger partial charge is 0.251 e. The van der Waals surface area contributed by atoms with Crippen LogP contribution >= 0.6 is 0 Å². The molecule has 0 aliphatic heterocycles. The monoisotopic (exact) mass is 271 g/mol. The minimum absolute atomic E-state index is 0.00914. The van der Waals surface area contributed by atoms with Crippen LogP contribution in [-0.2, 0) is 13.2 Å². The predicted octanol–water partition coefficient (Wildman–Crippen LogP) is 1.27. The van der Waals surface area contributed by atoms with Crippen molar-refractivity contribution in [3.05, 3.63) is 59.2 Å². The van der Waals surface area contributed by atoms with Crippen molar-refractivity contribution < 1.29 is 9.90 Å². The SMILES string of the molecule is Nc1cc(N)cc(C(=O)NCc2ccc(CO)cc2)c1. The molecule has 0 radical (unpaired) electrons. The number of anilines is 2. The topological polar surface area (TPSA) is 101 Å². The van der Waals surface area contributed by atoms with E-state index in [-0.39, 0.29) is 12.5 Å². The first-order chi connectivity index (χ1) is 9.58. The molecule has 2 aromatic rings. The number of amides is 1. The highest BCUT2D eigenvalue weighted by Crippen LogP contribution is 2.13. The van der Waals surface area contributed by atoms with Crippen LogP contribution in [0.2, 0.25) is 0 Å². The maximum absolute atomic E-state index is 12.0. The average Bonchev–Trinajstić information content (AvgIpc) is 2.44. The summed E-state index contributed by atoms with van der Waals surface area (Å²) in [4.78, 5) is 12.0. The van der Waals surface area contributed by atoms with Crippen molar-refractivity contribution in [1.29, 1.82) is 0 Å². The molecule has 0 aromatic heterocycles. The molecule has 20 heavy (non-hydrogen) atoms. The predicted molar refractivity (Wildman–Crippen MR) is 78.8 cm³/mol. The number of hydrogen-bond acceptors (Lipinski definition) is 4. The molecule has 1 amide bonds. The highest BCUT2D eigenvalue weighted by atomic mass is 16.3. The molecule has 0 heterocycles. The number of aliphatic hydroxyl groups is 1. The zero-order valence-electron chi connectivity index (χ0n) is 11.0. The van der Waals surface area contributed by atoms with E-state index in [0.717, 1.165) is 11.1 Å². The third kappa shape index (κ3) is 3.49. The van der Waals surface area contributed by atoms with Crippen molar-refractivity contribution >= 4 is 17.3 Å². The second-order valence-corrected chi connectivity index (χ2v) is 4.55. The Morgan fingerprint density at radius 2 is 1.55 bits per heavy atom. The Morgan fingerprint density at radius 3 is 2.10 bits per heavy atom. The van der Waals surface area contributed by atoms with E-state index < -0.39 is 0 Å². The minimum Gasteiger partial charge on any atom is -0.399 e. The normalized spacial score (nSPS) is 10.2. The van der Waals surface area contributed by atoms with Gasteiger partial charge in [-0.25, -0.2) is 0 Å². The van der Waals surface area contributed by atoms with Gasteiger partial charge in [0.1, 0.15) is 0 Å². The minimum atomic E-state index is -0.227. The first-order valence-corrected chi connectivity index (χ1v) is 6.21. The van der Waals surface area contributed by atoms with Gasteiger partial charge in [-0.3, -0.25) is 4.79 Å². The zero-order valence-corrected chi connectivity index (χ0v) is 11.0. The standard InChI is InChI=1S/C15H17N3O2/c16-13-5-12(6-14(17)7-13)15(20)18-8-10-1-3-11(9-19)4-2-10/h1-7,19H,8-9,16-17H2,(H,18,20). The Morgan fingerprint density at radius 1 is 1.00 bits per heavy atom. The second kappa shape index (κ2) is 6.08. The van der Waals surface area contributed by atoms with Crippen LogP contribution in [-0.4, -0.2) is 11.0 Å². The maximum atomic E-state index is 12.0. The molecule has 2 rings (SSSR count). The van der Waals surface area contributed by atoms with Crippen LogP contribution in [0, 0.1) is 0 Å². The molecule has 5 heteroatoms. The molecular formula is C15H17N3O2. The summed E-state index contributed by atoms with van der Waals surface area (Å²) in [5, 5.41) is 11.7. The van der Waals surface area contributed by atoms with Crippen LogP contribution in [0.15, 0.2) is 42.5 Å². The van der Waals surface area contributed by atoms with E-state index in [2.05, 4.69) is 5.32 Å². The highest BCUT2D eigenvalue weighted by Gasteiger charge is 2.07. The number of nitrogen functional groups attached to an aromatic ring is 2. The molecule has 0 spiro atoms. The van der Waals surface area contributed by atoms with Crippen molar-refractivity contribution in [2.24, 2.45) is 0 Å². The number of carbonyl (C=O) groups is 1. The third-order valence-electron chi connectivity index (χ3n) is 2.90. The van der Waals surface area contributed by atoms with E-state index >= 15 is 0 Å². The van der Waals surface area contributed by atoms with Gasteiger partial charge in [-0.05, 0) is 29.3 Å². The van der Waals surface area contributed by atoms with Crippen molar-refractivity contribution in [2.45, 2.75) is 13.2 Å². The van der Waals surface area contributed by atoms with Crippen LogP contribution in [0.5, 0.6) is 0 Å². The first kappa shape index (κ1) is 13.9. The summed E-state index contributed by atoms with van der Waals surface area (Å²) in [6.45, 7) is 0.411. The molecule has 0 bridgehead atoms. The number of nitrogens with two attached hydrogens (primary N) is 2. The summed E-state index contributed by atoms with van der Waals surface area (Å²) in [5.41, 5.74) is 14.5. The molecular weight excluding hydrogens is 254 g/mol. The largest absolute Gasteiger partial charge is 0.399 e. The molecule has 0 unspecified atom stereocenters. The number of aliphatic hydroxyl groups excluding tert-OH is 1. The molecule has 0 atom stereocenters. The Bertz CT molecular complexity index is 589. The fourth-order valence-corrected chi connectivity index (χ4v) is 1.85. The van der Waals surface area contributed by atoms with Gasteiger partial charge < -0.3 is 21.9 Å². The zero-order chi connectivity index (χ0) is 14.5. The average molecular weight is 271 g/mol. The number of hydrogen-bond donors (Lipinski definition) is 4. The molecule has 0 aliphatic carbocycles. The lowest BCUT2D eigenvalue weighted by Crippen LogP contribution is -2.23. The number of carbonyl (C=O) groups excluding carboxylic acids is 1. The summed E-state index contributed by atoms with van der Waals surface area (Å²) >= 11 is 0. The molecule has 5 nitrogen and oxygen atoms in total. The van der Waals surface area contributed by atoms with Crippen molar-refractivity contribution in [1.82, 2.24) is 5.32 Å². The molecule has 0 saturated heterocycles. The van der Waals surface area contributed by atoms with Crippen LogP contribution in [0.4, 0.5) is 11.4 Å². The van der Waals surface area contributed by atoms with Gasteiger partial charge in [-0.2, -0.15) is 0 Å². The number of rotatable bonds is 4. The van der Waals surface area contributed by atoms with Crippen LogP contribution < -0.4 is 16.8 Å². The lowest BCUT2D eigenvalue weighted by molar-refractivity contribution is 0.0951. The number of nitrogens with one attached hydrogen (secondary N) is 1. The molecule has 0 fully saturated rings. The highest BCUT2D eigenvalue weighted by molar-refractivity contribution is 5.96. The van der Waals surface area contributed by atoms with E-state index in [1.165, 1.54) is 0 Å². The summed E-state index contributed by atoms with van der Waals surface area (Å²) in [5.74, 6) is -0.227. The summed E-state index contributed by atoms with van der Waals surface area (Å²) in [6, 6.07) is 12.1. The number of benzene rings is 2. The van der Waals surface area contributed by atoms with E-state index in [1.54, 1.807) is 18.2 Å². The molecule has 104 valence electrons. The van der Waals surface area contributed by atoms with Crippen molar-refractivity contribution in [2.75, 3.05) is 11.5 Å². The van der Waals surface area contributed by atoms with E-state index in [4.69, 9.17) is 16.6 Å². The van der Waals surface area contributed by atoms with Crippen LogP contribution in [0.1, 0.15) is 21.5 Å². The lowest BCUT2D eigenvalue weighted by Gasteiger charge is -2.07. The van der Waals surface area contributed by atoms with E-state index in [0.29, 0.717) is 23.5 Å². The molecule has 6 N–H and O–H groups in total. The van der Waals surface area contributed by atoms with Gasteiger partial charge in [0.2, 0.25) is 0 Å². The summed E-state index contributed by atoms with van der Waals surface area (Å²) in [7, 11) is 0. The van der Waals surface area contributed by atoms with Gasteiger partial charge in [0.25, 0.3) is 5.91 Å². The molecule has 0 aliphatic rings. The van der Waals surface area contributed by atoms with Crippen LogP contribution in [0.25, 0.3) is 0 Å². The first-order valence-electron chi connectivity index (χ1n) is 6.21. The maximum Gasteiger partial charge on any atom is 0.251 e. The van der Waals surface area contributed by atoms with Crippen LogP contribution in [0.3, 0.4) is 0 Å². The quantitative estimate of drug-likeness (QED) is 0.629. The van der Waals surface area contributed by atoms with Gasteiger partial charge >= 0.3 is 0 Å². The van der Waals surface area contributed by atoms with Crippen molar-refractivity contribution in [3.63, 3.8) is 0 Å². The molecule has 2 aromatic carbocycles. The van der Waals surface area contributed by atoms with E-state index in [9.17, 15) is 4.79 Å². The fraction of sp³-hybridized carbons (Fsp3) is 0.133. The van der Waals surface area contributed by atoms with Gasteiger partial charge in [-0.15, -0.1) is 0 Å². The Hall–Kier alpha value is -2.53. The fourth-order valence-electron chi connectivity index (χ4n) is 1.85. The Kier molecular flexibility index (Phi) is 4.22. The Labute approximate surface area is 117 Å². The summed E-state index contributed by atoms with van der Waals surface area (Å²) < 4.78 is 0. The summed E-state index contributed by atoms with van der Waals surface area (Å²) in [6.07, 6.45) is 0. The second-order valence-electron chi connectivity index (χ2n) is 4.55. The molecule has 0 saturated carbocycles. The lowest BCUT2D eigenvalue weighted by atomic mass is 10.1. The third-order valence-corrected chi connectivity index (χ3v) is 2.90. The Balaban J connectivity index is 2.00. The van der Waals surface area contributed by atoms with Gasteiger partial charge in [0.05, 0.1) is 6.61 Å². The van der Waals surface area contributed by atoms with Crippen molar-refractivity contribution in [3.8, 4) is 0 Å². The van der Waals surface area contributed by atoms with Gasteiger partial charge in [0, 0.05) is 23.5 Å². The van der Waals surface area contributed by atoms with Gasteiger partial charge in [-0.1, -0.05) is 24.3 Å².